The summed E-state index contributed by atoms with van der Waals surface area (Å²) in [4.78, 5) is 13.6. The molecule has 8 nitrogen and oxygen atoms in total. The Labute approximate surface area is 223 Å². The Morgan fingerprint density at radius 2 is 1.63 bits per heavy atom. The minimum Gasteiger partial charge on any atom is -0.486 e. The maximum Gasteiger partial charge on any atom is 0.264 e. The largest absolute Gasteiger partial charge is 0.486 e. The molecule has 0 aromatic heterocycles. The van der Waals surface area contributed by atoms with E-state index in [4.69, 9.17) is 14.2 Å². The highest BCUT2D eigenvalue weighted by Gasteiger charge is 2.38. The average Bonchev–Trinajstić information content (AvgIpc) is 2.91. The van der Waals surface area contributed by atoms with E-state index >= 15 is 0 Å². The van der Waals surface area contributed by atoms with Crippen molar-refractivity contribution in [3.8, 4) is 17.2 Å². The van der Waals surface area contributed by atoms with Gasteiger partial charge in [-0.15, -0.1) is 0 Å². The van der Waals surface area contributed by atoms with Crippen molar-refractivity contribution in [1.82, 2.24) is 5.32 Å². The highest BCUT2D eigenvalue weighted by Crippen LogP contribution is 2.40. The summed E-state index contributed by atoms with van der Waals surface area (Å²) in [7, 11) is -3.95. The van der Waals surface area contributed by atoms with E-state index in [0.717, 1.165) is 11.1 Å². The van der Waals surface area contributed by atoms with Crippen LogP contribution in [0, 0.1) is 0 Å². The van der Waals surface area contributed by atoms with E-state index in [-0.39, 0.29) is 22.9 Å². The van der Waals surface area contributed by atoms with Crippen molar-refractivity contribution in [3.05, 3.63) is 77.9 Å². The number of hydrogen-bond acceptors (Lipinski definition) is 6. The van der Waals surface area contributed by atoms with Crippen LogP contribution in [-0.2, 0) is 20.2 Å². The summed E-state index contributed by atoms with van der Waals surface area (Å²) in [6.07, 6.45) is -1.04. The summed E-state index contributed by atoms with van der Waals surface area (Å²) in [5.74, 6) is 1.23. The average molecular weight is 537 g/mol. The predicted molar refractivity (Wildman–Crippen MR) is 145 cm³/mol. The fourth-order valence-corrected chi connectivity index (χ4v) is 6.01. The topological polar surface area (TPSA) is 94.2 Å². The molecule has 2 aliphatic rings. The molecule has 0 aliphatic carbocycles. The number of benzene rings is 3. The quantitative estimate of drug-likeness (QED) is 0.513. The van der Waals surface area contributed by atoms with Crippen LogP contribution in [0.25, 0.3) is 0 Å². The number of carbonyl (C=O) groups excluding carboxylic acids is 1. The molecule has 9 heteroatoms. The lowest BCUT2D eigenvalue weighted by molar-refractivity contribution is -0.128. The molecule has 0 spiro atoms. The minimum atomic E-state index is -3.95. The number of anilines is 1. The van der Waals surface area contributed by atoms with E-state index in [1.807, 2.05) is 37.3 Å². The van der Waals surface area contributed by atoms with Crippen molar-refractivity contribution in [2.75, 3.05) is 24.1 Å². The normalized spacial score (nSPS) is 17.7. The molecule has 0 saturated carbocycles. The van der Waals surface area contributed by atoms with Crippen molar-refractivity contribution < 1.29 is 27.4 Å². The Balaban J connectivity index is 1.44. The van der Waals surface area contributed by atoms with Crippen molar-refractivity contribution in [2.24, 2.45) is 0 Å². The van der Waals surface area contributed by atoms with Crippen LogP contribution in [0.5, 0.6) is 17.2 Å². The molecule has 0 unspecified atom stereocenters. The summed E-state index contributed by atoms with van der Waals surface area (Å²) >= 11 is 0. The molecule has 0 bridgehead atoms. The zero-order valence-corrected chi connectivity index (χ0v) is 22.7. The maximum atomic E-state index is 13.8. The Bertz CT molecular complexity index is 1450. The first kappa shape index (κ1) is 25.9. The summed E-state index contributed by atoms with van der Waals surface area (Å²) in [6, 6.07) is 18.9. The van der Waals surface area contributed by atoms with Crippen LogP contribution in [0.3, 0.4) is 0 Å². The molecule has 5 rings (SSSR count). The van der Waals surface area contributed by atoms with Gasteiger partial charge in [0.1, 0.15) is 19.0 Å². The second kappa shape index (κ2) is 9.87. The van der Waals surface area contributed by atoms with Gasteiger partial charge in [-0.3, -0.25) is 9.10 Å². The first-order valence-electron chi connectivity index (χ1n) is 12.6. The van der Waals surface area contributed by atoms with Crippen molar-refractivity contribution in [3.63, 3.8) is 0 Å². The lowest BCUT2D eigenvalue weighted by Gasteiger charge is -2.36. The first-order valence-corrected chi connectivity index (χ1v) is 14.1. The van der Waals surface area contributed by atoms with Crippen LogP contribution in [0.2, 0.25) is 0 Å². The molecule has 38 heavy (non-hydrogen) atoms. The number of fused-ring (bicyclic) bond motifs is 2. The van der Waals surface area contributed by atoms with Crippen LogP contribution >= 0.6 is 0 Å². The molecule has 200 valence electrons. The molecule has 1 amide bonds. The number of hydrogen-bond donors (Lipinski definition) is 1. The Hall–Kier alpha value is -3.72. The Kier molecular flexibility index (Phi) is 6.73. The van der Waals surface area contributed by atoms with E-state index in [1.165, 1.54) is 4.31 Å². The van der Waals surface area contributed by atoms with Gasteiger partial charge in [-0.2, -0.15) is 0 Å². The highest BCUT2D eigenvalue weighted by molar-refractivity contribution is 7.92. The standard InChI is InChI=1S/C29H32N2O6S/c1-19(20-10-12-25-26(16-20)36-15-14-35-25)30-28(32)27-18-31(38(33,34)22-8-6-5-7-9-22)23-17-21(29(2,3)4)11-13-24(23)37-27/h5-13,16-17,19,27H,14-15,18H2,1-4H3,(H,30,32)/t19-,27-/m1/s1. The third-order valence-corrected chi connectivity index (χ3v) is 8.54. The zero-order valence-electron chi connectivity index (χ0n) is 21.9. The van der Waals surface area contributed by atoms with Gasteiger partial charge in [0.2, 0.25) is 0 Å². The summed E-state index contributed by atoms with van der Waals surface area (Å²) in [5, 5.41) is 2.97. The van der Waals surface area contributed by atoms with Gasteiger partial charge in [0.25, 0.3) is 15.9 Å². The Morgan fingerprint density at radius 3 is 2.34 bits per heavy atom. The molecule has 2 heterocycles. The van der Waals surface area contributed by atoms with Gasteiger partial charge in [-0.05, 0) is 59.9 Å². The van der Waals surface area contributed by atoms with Gasteiger partial charge in [0.05, 0.1) is 23.2 Å². The minimum absolute atomic E-state index is 0.151. The van der Waals surface area contributed by atoms with Gasteiger partial charge in [-0.1, -0.05) is 51.1 Å². The van der Waals surface area contributed by atoms with Crippen LogP contribution in [0.4, 0.5) is 5.69 Å². The number of nitrogens with one attached hydrogen (secondary N) is 1. The third kappa shape index (κ3) is 5.03. The summed E-state index contributed by atoms with van der Waals surface area (Å²) < 4.78 is 46.2. The van der Waals surface area contributed by atoms with Gasteiger partial charge in [-0.25, -0.2) is 8.42 Å². The summed E-state index contributed by atoms with van der Waals surface area (Å²) in [5.41, 5.74) is 2.01. The number of sulfonamides is 1. The summed E-state index contributed by atoms with van der Waals surface area (Å²) in [6.45, 7) is 8.84. The molecule has 2 aliphatic heterocycles. The van der Waals surface area contributed by atoms with Gasteiger partial charge in [0.15, 0.2) is 17.6 Å². The van der Waals surface area contributed by atoms with E-state index in [9.17, 15) is 13.2 Å². The fraction of sp³-hybridized carbons (Fsp3) is 0.345. The SMILES string of the molecule is C[C@@H](NC(=O)[C@H]1CN(S(=O)(=O)c2ccccc2)c2cc(C(C)(C)C)ccc2O1)c1ccc2c(c1)OCCO2. The zero-order chi connectivity index (χ0) is 27.1. The van der Waals surface area contributed by atoms with Crippen LogP contribution < -0.4 is 23.8 Å². The number of amides is 1. The van der Waals surface area contributed by atoms with Crippen molar-refractivity contribution in [2.45, 2.75) is 50.2 Å². The van der Waals surface area contributed by atoms with E-state index in [1.54, 1.807) is 36.4 Å². The molecular weight excluding hydrogens is 504 g/mol. The van der Waals surface area contributed by atoms with Crippen molar-refractivity contribution in [1.29, 1.82) is 0 Å². The van der Waals surface area contributed by atoms with Crippen LogP contribution in [-0.4, -0.2) is 40.2 Å². The molecule has 2 atom stereocenters. The smallest absolute Gasteiger partial charge is 0.264 e. The Morgan fingerprint density at radius 1 is 0.947 bits per heavy atom. The fourth-order valence-electron chi connectivity index (χ4n) is 4.52. The van der Waals surface area contributed by atoms with E-state index in [2.05, 4.69) is 26.1 Å². The number of carbonyl (C=O) groups is 1. The van der Waals surface area contributed by atoms with E-state index < -0.39 is 22.0 Å². The van der Waals surface area contributed by atoms with Crippen molar-refractivity contribution >= 4 is 21.6 Å². The van der Waals surface area contributed by atoms with Gasteiger partial charge < -0.3 is 19.5 Å². The lowest BCUT2D eigenvalue weighted by Crippen LogP contribution is -2.51. The monoisotopic (exact) mass is 536 g/mol. The maximum absolute atomic E-state index is 13.8. The molecular formula is C29H32N2O6S. The third-order valence-electron chi connectivity index (χ3n) is 6.74. The molecule has 0 radical (unpaired) electrons. The second-order valence-corrected chi connectivity index (χ2v) is 12.4. The molecule has 0 fully saturated rings. The van der Waals surface area contributed by atoms with Crippen LogP contribution in [0.15, 0.2) is 71.6 Å². The second-order valence-electron chi connectivity index (χ2n) is 10.5. The molecule has 3 aromatic rings. The van der Waals surface area contributed by atoms with Crippen LogP contribution in [0.1, 0.15) is 44.9 Å². The highest BCUT2D eigenvalue weighted by atomic mass is 32.2. The predicted octanol–water partition coefficient (Wildman–Crippen LogP) is 4.59. The van der Waals surface area contributed by atoms with Gasteiger partial charge in [0, 0.05) is 0 Å². The molecule has 1 N–H and O–H groups in total. The first-order chi connectivity index (χ1) is 18.0. The number of nitrogens with zero attached hydrogens (tertiary/aromatic N) is 1. The molecule has 0 saturated heterocycles. The molecule has 3 aromatic carbocycles. The number of rotatable bonds is 5. The number of ether oxygens (including phenoxy) is 3. The van der Waals surface area contributed by atoms with E-state index in [0.29, 0.717) is 36.1 Å². The lowest BCUT2D eigenvalue weighted by atomic mass is 9.86. The van der Waals surface area contributed by atoms with Gasteiger partial charge >= 0.3 is 0 Å².